The minimum Gasteiger partial charge on any atom is -0.348 e. The fraction of sp³-hybridized carbons (Fsp3) is 0.0370. The van der Waals surface area contributed by atoms with Gasteiger partial charge in [0.1, 0.15) is 18.0 Å². The van der Waals surface area contributed by atoms with Crippen LogP contribution in [0.3, 0.4) is 0 Å². The molecular formula is C27H21FN6O. The molecule has 0 aliphatic heterocycles. The summed E-state index contributed by atoms with van der Waals surface area (Å²) in [6.07, 6.45) is 11.9. The van der Waals surface area contributed by atoms with Gasteiger partial charge in [-0.2, -0.15) is 5.10 Å². The van der Waals surface area contributed by atoms with Gasteiger partial charge >= 0.3 is 0 Å². The van der Waals surface area contributed by atoms with Crippen LogP contribution in [0.2, 0.25) is 0 Å². The number of nitrogens with zero attached hydrogens (tertiary/aromatic N) is 5. The van der Waals surface area contributed by atoms with Gasteiger partial charge < -0.3 is 5.32 Å². The van der Waals surface area contributed by atoms with Gasteiger partial charge in [0, 0.05) is 48.5 Å². The summed E-state index contributed by atoms with van der Waals surface area (Å²) in [5, 5.41) is 7.54. The van der Waals surface area contributed by atoms with Crippen molar-refractivity contribution < 1.29 is 9.18 Å². The maximum atomic E-state index is 13.4. The maximum absolute atomic E-state index is 13.4. The number of hydrogen-bond acceptors (Lipinski definition) is 4. The van der Waals surface area contributed by atoms with Crippen molar-refractivity contribution in [2.24, 2.45) is 0 Å². The van der Waals surface area contributed by atoms with Crippen LogP contribution in [-0.2, 0) is 11.3 Å². The first-order valence-corrected chi connectivity index (χ1v) is 11.0. The average Bonchev–Trinajstić information content (AvgIpc) is 3.58. The van der Waals surface area contributed by atoms with Gasteiger partial charge in [-0.05, 0) is 54.1 Å². The van der Waals surface area contributed by atoms with E-state index in [4.69, 9.17) is 0 Å². The van der Waals surface area contributed by atoms with E-state index in [9.17, 15) is 9.18 Å². The Hall–Kier alpha value is -4.85. The molecule has 3 aromatic heterocycles. The van der Waals surface area contributed by atoms with Gasteiger partial charge in [0.25, 0.3) is 0 Å². The molecule has 3 heterocycles. The molecule has 172 valence electrons. The van der Waals surface area contributed by atoms with Crippen molar-refractivity contribution in [1.82, 2.24) is 29.6 Å². The van der Waals surface area contributed by atoms with Crippen LogP contribution < -0.4 is 5.32 Å². The predicted molar refractivity (Wildman–Crippen MR) is 131 cm³/mol. The number of imidazole rings is 1. The number of rotatable bonds is 7. The highest BCUT2D eigenvalue weighted by Crippen LogP contribution is 2.25. The van der Waals surface area contributed by atoms with Crippen molar-refractivity contribution in [3.8, 4) is 22.8 Å². The highest BCUT2D eigenvalue weighted by molar-refractivity contribution is 5.92. The zero-order chi connectivity index (χ0) is 24.0. The summed E-state index contributed by atoms with van der Waals surface area (Å²) in [4.78, 5) is 20.9. The van der Waals surface area contributed by atoms with Crippen LogP contribution in [0.25, 0.3) is 28.8 Å². The van der Waals surface area contributed by atoms with Crippen molar-refractivity contribution in [3.63, 3.8) is 0 Å². The minimum atomic E-state index is -0.319. The van der Waals surface area contributed by atoms with Crippen molar-refractivity contribution in [1.29, 1.82) is 0 Å². The second-order valence-corrected chi connectivity index (χ2v) is 7.77. The number of amides is 1. The zero-order valence-corrected chi connectivity index (χ0v) is 18.6. The fourth-order valence-electron chi connectivity index (χ4n) is 3.54. The number of hydrogen-bond donors (Lipinski definition) is 1. The van der Waals surface area contributed by atoms with Gasteiger partial charge in [-0.1, -0.05) is 24.3 Å². The summed E-state index contributed by atoms with van der Waals surface area (Å²) in [6.45, 7) is 0.342. The molecule has 5 aromatic rings. The molecule has 5 rings (SSSR count). The van der Waals surface area contributed by atoms with Gasteiger partial charge in [0.15, 0.2) is 0 Å². The van der Waals surface area contributed by atoms with Crippen LogP contribution in [0, 0.1) is 5.82 Å². The molecule has 0 fully saturated rings. The first-order valence-electron chi connectivity index (χ1n) is 11.0. The zero-order valence-electron chi connectivity index (χ0n) is 18.6. The lowest BCUT2D eigenvalue weighted by atomic mass is 10.1. The summed E-state index contributed by atoms with van der Waals surface area (Å²) in [6, 6.07) is 19.6. The highest BCUT2D eigenvalue weighted by Gasteiger charge is 2.11. The molecule has 1 amide bonds. The number of para-hydroxylation sites is 1. The summed E-state index contributed by atoms with van der Waals surface area (Å²) in [7, 11) is 0. The van der Waals surface area contributed by atoms with Crippen molar-refractivity contribution in [3.05, 3.63) is 121 Å². The minimum absolute atomic E-state index is 0.249. The average molecular weight is 465 g/mol. The van der Waals surface area contributed by atoms with Crippen LogP contribution in [0.4, 0.5) is 4.39 Å². The molecule has 0 bridgehead atoms. The molecule has 0 aliphatic carbocycles. The van der Waals surface area contributed by atoms with Crippen molar-refractivity contribution in [2.75, 3.05) is 0 Å². The van der Waals surface area contributed by atoms with E-state index in [2.05, 4.69) is 20.4 Å². The van der Waals surface area contributed by atoms with Crippen molar-refractivity contribution >= 4 is 12.0 Å². The van der Waals surface area contributed by atoms with Crippen LogP contribution in [0.5, 0.6) is 0 Å². The third-order valence-corrected chi connectivity index (χ3v) is 5.34. The standard InChI is InChI=1S/C27H21FN6O/c28-23-10-7-21(8-11-23)27-22(18-34(32-27)24-4-2-1-3-5-24)9-13-26(35)31-17-20-6-12-25(30-16-20)33-15-14-29-19-33/h1-16,18-19H,17H2,(H,31,35). The summed E-state index contributed by atoms with van der Waals surface area (Å²) < 4.78 is 17.0. The van der Waals surface area contributed by atoms with E-state index in [1.165, 1.54) is 18.2 Å². The lowest BCUT2D eigenvalue weighted by Crippen LogP contribution is -2.20. The Morgan fingerprint density at radius 3 is 2.57 bits per heavy atom. The van der Waals surface area contributed by atoms with Crippen LogP contribution >= 0.6 is 0 Å². The normalized spacial score (nSPS) is 11.1. The second kappa shape index (κ2) is 9.96. The number of carbonyl (C=O) groups excluding carboxylic acids is 1. The summed E-state index contributed by atoms with van der Waals surface area (Å²) >= 11 is 0. The highest BCUT2D eigenvalue weighted by atomic mass is 19.1. The second-order valence-electron chi connectivity index (χ2n) is 7.77. The third kappa shape index (κ3) is 5.22. The van der Waals surface area contributed by atoms with E-state index in [1.54, 1.807) is 46.2 Å². The molecule has 0 radical (unpaired) electrons. The lowest BCUT2D eigenvalue weighted by molar-refractivity contribution is -0.116. The number of carbonyl (C=O) groups is 1. The van der Waals surface area contributed by atoms with E-state index in [-0.39, 0.29) is 11.7 Å². The smallest absolute Gasteiger partial charge is 0.244 e. The van der Waals surface area contributed by atoms with E-state index in [1.807, 2.05) is 54.9 Å². The van der Waals surface area contributed by atoms with E-state index in [0.717, 1.165) is 28.2 Å². The summed E-state index contributed by atoms with van der Waals surface area (Å²) in [5.41, 5.74) is 3.90. The summed E-state index contributed by atoms with van der Waals surface area (Å²) in [5.74, 6) is 0.183. The Labute approximate surface area is 201 Å². The third-order valence-electron chi connectivity index (χ3n) is 5.34. The predicted octanol–water partition coefficient (Wildman–Crippen LogP) is 4.59. The Kier molecular flexibility index (Phi) is 6.25. The van der Waals surface area contributed by atoms with Crippen molar-refractivity contribution in [2.45, 2.75) is 6.54 Å². The Morgan fingerprint density at radius 2 is 1.86 bits per heavy atom. The van der Waals surface area contributed by atoms with Gasteiger partial charge in [-0.15, -0.1) is 0 Å². The molecule has 0 aliphatic rings. The number of halogens is 1. The number of benzene rings is 2. The molecule has 0 unspecified atom stereocenters. The molecule has 0 saturated carbocycles. The fourth-order valence-corrected chi connectivity index (χ4v) is 3.54. The number of aromatic nitrogens is 5. The number of nitrogens with one attached hydrogen (secondary N) is 1. The topological polar surface area (TPSA) is 77.6 Å². The first-order chi connectivity index (χ1) is 17.2. The van der Waals surface area contributed by atoms with Gasteiger partial charge in [-0.3, -0.25) is 9.36 Å². The van der Waals surface area contributed by atoms with E-state index < -0.39 is 0 Å². The van der Waals surface area contributed by atoms with Crippen LogP contribution in [0.15, 0.2) is 104 Å². The maximum Gasteiger partial charge on any atom is 0.244 e. The lowest BCUT2D eigenvalue weighted by Gasteiger charge is -2.04. The van der Waals surface area contributed by atoms with E-state index >= 15 is 0 Å². The Bertz CT molecular complexity index is 1440. The van der Waals surface area contributed by atoms with Crippen LogP contribution in [0.1, 0.15) is 11.1 Å². The monoisotopic (exact) mass is 464 g/mol. The van der Waals surface area contributed by atoms with Gasteiger partial charge in [0.2, 0.25) is 5.91 Å². The molecular weight excluding hydrogens is 443 g/mol. The molecule has 8 heteroatoms. The molecule has 1 N–H and O–H groups in total. The van der Waals surface area contributed by atoms with Gasteiger partial charge in [-0.25, -0.2) is 19.0 Å². The quantitative estimate of drug-likeness (QED) is 0.358. The molecule has 0 atom stereocenters. The largest absolute Gasteiger partial charge is 0.348 e. The first kappa shape index (κ1) is 22.0. The molecule has 0 saturated heterocycles. The molecule has 2 aromatic carbocycles. The van der Waals surface area contributed by atoms with Gasteiger partial charge in [0.05, 0.1) is 11.4 Å². The number of pyridine rings is 1. The van der Waals surface area contributed by atoms with Crippen LogP contribution in [-0.4, -0.2) is 30.2 Å². The molecule has 7 nitrogen and oxygen atoms in total. The molecule has 35 heavy (non-hydrogen) atoms. The Morgan fingerprint density at radius 1 is 1.03 bits per heavy atom. The molecule has 0 spiro atoms. The Balaban J connectivity index is 1.31. The van der Waals surface area contributed by atoms with E-state index in [0.29, 0.717) is 12.2 Å². The SMILES string of the molecule is O=C(C=Cc1cn(-c2ccccc2)nc1-c1ccc(F)cc1)NCc1ccc(-n2ccnc2)nc1.